The quantitative estimate of drug-likeness (QED) is 0.711. The maximum absolute atomic E-state index is 5.63. The van der Waals surface area contributed by atoms with Crippen molar-refractivity contribution in [1.82, 2.24) is 10.3 Å². The Kier molecular flexibility index (Phi) is 7.96. The van der Waals surface area contributed by atoms with Gasteiger partial charge in [-0.1, -0.05) is 13.3 Å². The molecule has 18 heavy (non-hydrogen) atoms. The summed E-state index contributed by atoms with van der Waals surface area (Å²) in [5.41, 5.74) is 1.04. The van der Waals surface area contributed by atoms with Crippen molar-refractivity contribution < 1.29 is 9.47 Å². The third kappa shape index (κ3) is 5.80. The van der Waals surface area contributed by atoms with Gasteiger partial charge in [0.2, 0.25) is 5.88 Å². The lowest BCUT2D eigenvalue weighted by Crippen LogP contribution is -2.12. The van der Waals surface area contributed by atoms with Gasteiger partial charge in [0.1, 0.15) is 6.61 Å². The SMILES string of the molecule is CCCCOCCOc1ncc(Br)cc1CNC. The highest BCUT2D eigenvalue weighted by Crippen LogP contribution is 2.19. The molecule has 0 radical (unpaired) electrons. The zero-order valence-corrected chi connectivity index (χ0v) is 12.6. The van der Waals surface area contributed by atoms with Gasteiger partial charge in [-0.2, -0.15) is 0 Å². The molecule has 0 saturated carbocycles. The van der Waals surface area contributed by atoms with Gasteiger partial charge in [0.05, 0.1) is 6.61 Å². The van der Waals surface area contributed by atoms with Crippen LogP contribution in [-0.4, -0.2) is 31.9 Å². The van der Waals surface area contributed by atoms with Crippen LogP contribution in [0.15, 0.2) is 16.7 Å². The maximum atomic E-state index is 5.63. The van der Waals surface area contributed by atoms with Gasteiger partial charge in [-0.3, -0.25) is 0 Å². The highest BCUT2D eigenvalue weighted by molar-refractivity contribution is 9.10. The summed E-state index contributed by atoms with van der Waals surface area (Å²) in [5, 5.41) is 3.10. The van der Waals surface area contributed by atoms with Gasteiger partial charge in [-0.15, -0.1) is 0 Å². The average Bonchev–Trinajstić information content (AvgIpc) is 2.36. The van der Waals surface area contributed by atoms with E-state index in [1.807, 2.05) is 13.1 Å². The van der Waals surface area contributed by atoms with Crippen LogP contribution in [0.1, 0.15) is 25.3 Å². The minimum Gasteiger partial charge on any atom is -0.475 e. The number of halogens is 1. The molecule has 0 fully saturated rings. The lowest BCUT2D eigenvalue weighted by atomic mass is 10.3. The van der Waals surface area contributed by atoms with Crippen LogP contribution in [0.4, 0.5) is 0 Å². The molecule has 5 heteroatoms. The van der Waals surface area contributed by atoms with E-state index in [9.17, 15) is 0 Å². The molecule has 0 spiro atoms. The van der Waals surface area contributed by atoms with Gasteiger partial charge in [-0.05, 0) is 35.5 Å². The molecular formula is C13H21BrN2O2. The molecule has 0 bridgehead atoms. The van der Waals surface area contributed by atoms with Crippen molar-refractivity contribution in [3.63, 3.8) is 0 Å². The molecule has 1 heterocycles. The lowest BCUT2D eigenvalue weighted by Gasteiger charge is -2.10. The molecule has 0 saturated heterocycles. The molecule has 1 N–H and O–H groups in total. The average molecular weight is 317 g/mol. The van der Waals surface area contributed by atoms with Crippen molar-refractivity contribution >= 4 is 15.9 Å². The van der Waals surface area contributed by atoms with Gasteiger partial charge in [0, 0.05) is 29.4 Å². The molecule has 0 aliphatic heterocycles. The van der Waals surface area contributed by atoms with E-state index < -0.39 is 0 Å². The van der Waals surface area contributed by atoms with Gasteiger partial charge in [0.15, 0.2) is 0 Å². The number of ether oxygens (including phenoxy) is 2. The number of rotatable bonds is 9. The minimum atomic E-state index is 0.537. The Morgan fingerprint density at radius 1 is 1.33 bits per heavy atom. The van der Waals surface area contributed by atoms with Crippen LogP contribution in [0.5, 0.6) is 5.88 Å². The second-order valence-electron chi connectivity index (χ2n) is 3.96. The fourth-order valence-corrected chi connectivity index (χ4v) is 1.84. The Morgan fingerprint density at radius 2 is 2.17 bits per heavy atom. The molecule has 0 aliphatic rings. The molecule has 0 atom stereocenters. The van der Waals surface area contributed by atoms with E-state index in [1.54, 1.807) is 6.20 Å². The molecular weight excluding hydrogens is 296 g/mol. The summed E-state index contributed by atoms with van der Waals surface area (Å²) in [6.45, 7) is 4.83. The van der Waals surface area contributed by atoms with E-state index in [0.717, 1.165) is 36.0 Å². The summed E-state index contributed by atoms with van der Waals surface area (Å²) >= 11 is 3.41. The number of pyridine rings is 1. The summed E-state index contributed by atoms with van der Waals surface area (Å²) in [5.74, 6) is 0.673. The molecule has 1 aromatic rings. The first-order chi connectivity index (χ1) is 8.77. The molecule has 0 amide bonds. The van der Waals surface area contributed by atoms with Crippen molar-refractivity contribution in [3.8, 4) is 5.88 Å². The second-order valence-corrected chi connectivity index (χ2v) is 4.88. The van der Waals surface area contributed by atoms with E-state index in [4.69, 9.17) is 9.47 Å². The van der Waals surface area contributed by atoms with Crippen LogP contribution in [-0.2, 0) is 11.3 Å². The van der Waals surface area contributed by atoms with Crippen LogP contribution in [0.2, 0.25) is 0 Å². The van der Waals surface area contributed by atoms with E-state index in [1.165, 1.54) is 0 Å². The zero-order chi connectivity index (χ0) is 13.2. The van der Waals surface area contributed by atoms with Crippen LogP contribution >= 0.6 is 15.9 Å². The van der Waals surface area contributed by atoms with Crippen LogP contribution in [0.25, 0.3) is 0 Å². The minimum absolute atomic E-state index is 0.537. The van der Waals surface area contributed by atoms with Crippen molar-refractivity contribution in [2.24, 2.45) is 0 Å². The monoisotopic (exact) mass is 316 g/mol. The summed E-state index contributed by atoms with van der Waals surface area (Å²) in [4.78, 5) is 4.27. The Hall–Kier alpha value is -0.650. The highest BCUT2D eigenvalue weighted by Gasteiger charge is 2.05. The smallest absolute Gasteiger partial charge is 0.217 e. The van der Waals surface area contributed by atoms with Crippen LogP contribution < -0.4 is 10.1 Å². The number of hydrogen-bond donors (Lipinski definition) is 1. The topological polar surface area (TPSA) is 43.4 Å². The number of nitrogens with zero attached hydrogens (tertiary/aromatic N) is 1. The fraction of sp³-hybridized carbons (Fsp3) is 0.615. The molecule has 102 valence electrons. The largest absolute Gasteiger partial charge is 0.475 e. The Labute approximate surface area is 117 Å². The molecule has 0 unspecified atom stereocenters. The predicted molar refractivity (Wildman–Crippen MR) is 75.9 cm³/mol. The first-order valence-electron chi connectivity index (χ1n) is 6.27. The number of hydrogen-bond acceptors (Lipinski definition) is 4. The Bertz CT molecular complexity index is 348. The Morgan fingerprint density at radius 3 is 2.89 bits per heavy atom. The van der Waals surface area contributed by atoms with E-state index in [2.05, 4.69) is 33.2 Å². The van der Waals surface area contributed by atoms with E-state index in [0.29, 0.717) is 19.1 Å². The number of nitrogens with one attached hydrogen (secondary N) is 1. The zero-order valence-electron chi connectivity index (χ0n) is 11.0. The Balaban J connectivity index is 2.36. The van der Waals surface area contributed by atoms with Crippen LogP contribution in [0, 0.1) is 0 Å². The predicted octanol–water partition coefficient (Wildman–Crippen LogP) is 2.76. The lowest BCUT2D eigenvalue weighted by molar-refractivity contribution is 0.0961. The summed E-state index contributed by atoms with van der Waals surface area (Å²) in [7, 11) is 1.90. The van der Waals surface area contributed by atoms with Gasteiger partial charge in [-0.25, -0.2) is 4.98 Å². The third-order valence-electron chi connectivity index (χ3n) is 2.37. The third-order valence-corrected chi connectivity index (χ3v) is 2.80. The van der Waals surface area contributed by atoms with Crippen molar-refractivity contribution in [2.75, 3.05) is 26.9 Å². The number of aromatic nitrogens is 1. The standard InChI is InChI=1S/C13H21BrN2O2/c1-3-4-5-17-6-7-18-13-11(9-15-2)8-12(14)10-16-13/h8,10,15H,3-7,9H2,1-2H3. The van der Waals surface area contributed by atoms with Gasteiger partial charge >= 0.3 is 0 Å². The molecule has 1 rings (SSSR count). The maximum Gasteiger partial charge on any atom is 0.217 e. The molecule has 4 nitrogen and oxygen atoms in total. The van der Waals surface area contributed by atoms with Gasteiger partial charge < -0.3 is 14.8 Å². The summed E-state index contributed by atoms with van der Waals surface area (Å²) in [6, 6.07) is 2.01. The van der Waals surface area contributed by atoms with E-state index >= 15 is 0 Å². The molecule has 1 aromatic heterocycles. The fourth-order valence-electron chi connectivity index (χ4n) is 1.46. The molecule has 0 aliphatic carbocycles. The first-order valence-corrected chi connectivity index (χ1v) is 7.06. The van der Waals surface area contributed by atoms with E-state index in [-0.39, 0.29) is 0 Å². The number of unbranched alkanes of at least 4 members (excludes halogenated alkanes) is 1. The van der Waals surface area contributed by atoms with Crippen molar-refractivity contribution in [3.05, 3.63) is 22.3 Å². The highest BCUT2D eigenvalue weighted by atomic mass is 79.9. The molecule has 0 aromatic carbocycles. The van der Waals surface area contributed by atoms with Crippen LogP contribution in [0.3, 0.4) is 0 Å². The summed E-state index contributed by atoms with van der Waals surface area (Å²) < 4.78 is 12.0. The van der Waals surface area contributed by atoms with Crippen molar-refractivity contribution in [2.45, 2.75) is 26.3 Å². The first kappa shape index (κ1) is 15.4. The normalized spacial score (nSPS) is 10.6. The second kappa shape index (κ2) is 9.30. The summed E-state index contributed by atoms with van der Waals surface area (Å²) in [6.07, 6.45) is 4.00. The van der Waals surface area contributed by atoms with Gasteiger partial charge in [0.25, 0.3) is 0 Å². The van der Waals surface area contributed by atoms with Crippen molar-refractivity contribution in [1.29, 1.82) is 0 Å².